The molecule has 0 atom stereocenters. The van der Waals surface area contributed by atoms with Gasteiger partial charge in [-0.15, -0.1) is 0 Å². The summed E-state index contributed by atoms with van der Waals surface area (Å²) in [5.74, 6) is -1.11. The minimum atomic E-state index is -3.64. The van der Waals surface area contributed by atoms with Gasteiger partial charge in [-0.25, -0.2) is 13.2 Å². The van der Waals surface area contributed by atoms with Crippen molar-refractivity contribution in [3.8, 4) is 0 Å². The van der Waals surface area contributed by atoms with Crippen LogP contribution in [-0.2, 0) is 10.0 Å². The van der Waals surface area contributed by atoms with Gasteiger partial charge < -0.3 is 5.11 Å². The minimum Gasteiger partial charge on any atom is -0.478 e. The molecular weight excluding hydrogens is 278 g/mol. The predicted octanol–water partition coefficient (Wildman–Crippen LogP) is 2.50. The molecule has 0 heterocycles. The number of benzene rings is 1. The van der Waals surface area contributed by atoms with E-state index in [0.717, 1.165) is 12.8 Å². The fourth-order valence-electron chi connectivity index (χ4n) is 2.05. The number of carboxylic acids is 1. The van der Waals surface area contributed by atoms with Crippen molar-refractivity contribution in [2.75, 3.05) is 13.1 Å². The number of nitrogens with zero attached hydrogens (tertiary/aromatic N) is 1. The van der Waals surface area contributed by atoms with Crippen molar-refractivity contribution in [1.82, 2.24) is 4.31 Å². The molecule has 1 aromatic rings. The fourth-order valence-corrected chi connectivity index (χ4v) is 3.78. The molecule has 0 saturated heterocycles. The Morgan fingerprint density at radius 2 is 1.95 bits per heavy atom. The van der Waals surface area contributed by atoms with Crippen LogP contribution in [0.1, 0.15) is 42.6 Å². The first-order valence-electron chi connectivity index (χ1n) is 6.69. The molecule has 0 aliphatic rings. The second-order valence-corrected chi connectivity index (χ2v) is 6.49. The third-order valence-corrected chi connectivity index (χ3v) is 5.36. The SMILES string of the molecule is CCCCN(CC)S(=O)(=O)c1cccc(C(=O)O)c1C. The summed E-state index contributed by atoms with van der Waals surface area (Å²) in [5.41, 5.74) is 0.313. The molecule has 0 radical (unpaired) electrons. The maximum atomic E-state index is 12.6. The van der Waals surface area contributed by atoms with Crippen LogP contribution in [0.4, 0.5) is 0 Å². The average molecular weight is 299 g/mol. The fraction of sp³-hybridized carbons (Fsp3) is 0.500. The zero-order chi connectivity index (χ0) is 15.3. The third kappa shape index (κ3) is 3.37. The monoisotopic (exact) mass is 299 g/mol. The summed E-state index contributed by atoms with van der Waals surface area (Å²) in [7, 11) is -3.64. The van der Waals surface area contributed by atoms with E-state index in [1.807, 2.05) is 6.92 Å². The van der Waals surface area contributed by atoms with Crippen LogP contribution < -0.4 is 0 Å². The van der Waals surface area contributed by atoms with Gasteiger partial charge in [0.25, 0.3) is 0 Å². The van der Waals surface area contributed by atoms with Crippen molar-refractivity contribution < 1.29 is 18.3 Å². The molecule has 0 spiro atoms. The van der Waals surface area contributed by atoms with Gasteiger partial charge in [0.1, 0.15) is 0 Å². The highest BCUT2D eigenvalue weighted by Crippen LogP contribution is 2.23. The number of sulfonamides is 1. The highest BCUT2D eigenvalue weighted by molar-refractivity contribution is 7.89. The van der Waals surface area contributed by atoms with E-state index in [1.165, 1.54) is 29.4 Å². The van der Waals surface area contributed by atoms with Crippen LogP contribution >= 0.6 is 0 Å². The highest BCUT2D eigenvalue weighted by atomic mass is 32.2. The molecule has 1 rings (SSSR count). The van der Waals surface area contributed by atoms with Crippen molar-refractivity contribution in [2.45, 2.75) is 38.5 Å². The third-order valence-electron chi connectivity index (χ3n) is 3.25. The summed E-state index contributed by atoms with van der Waals surface area (Å²) in [6.45, 7) is 6.13. The highest BCUT2D eigenvalue weighted by Gasteiger charge is 2.26. The van der Waals surface area contributed by atoms with E-state index in [0.29, 0.717) is 13.1 Å². The number of unbranched alkanes of at least 4 members (excludes halogenated alkanes) is 1. The van der Waals surface area contributed by atoms with Gasteiger partial charge in [0.15, 0.2) is 0 Å². The summed E-state index contributed by atoms with van der Waals surface area (Å²) in [4.78, 5) is 11.2. The lowest BCUT2D eigenvalue weighted by Gasteiger charge is -2.21. The average Bonchev–Trinajstić information content (AvgIpc) is 2.39. The van der Waals surface area contributed by atoms with Gasteiger partial charge in [-0.2, -0.15) is 4.31 Å². The van der Waals surface area contributed by atoms with Crippen molar-refractivity contribution in [3.63, 3.8) is 0 Å². The Kier molecular flexibility index (Phi) is 5.71. The first-order valence-corrected chi connectivity index (χ1v) is 8.13. The summed E-state index contributed by atoms with van der Waals surface area (Å²) >= 11 is 0. The van der Waals surface area contributed by atoms with Crippen molar-refractivity contribution >= 4 is 16.0 Å². The number of carbonyl (C=O) groups is 1. The van der Waals surface area contributed by atoms with Gasteiger partial charge in [0.2, 0.25) is 10.0 Å². The van der Waals surface area contributed by atoms with Gasteiger partial charge >= 0.3 is 5.97 Å². The summed E-state index contributed by atoms with van der Waals surface area (Å²) in [6.07, 6.45) is 1.69. The van der Waals surface area contributed by atoms with Crippen LogP contribution in [0.15, 0.2) is 23.1 Å². The van der Waals surface area contributed by atoms with E-state index in [2.05, 4.69) is 0 Å². The maximum absolute atomic E-state index is 12.6. The lowest BCUT2D eigenvalue weighted by atomic mass is 10.1. The lowest BCUT2D eigenvalue weighted by molar-refractivity contribution is 0.0696. The normalized spacial score (nSPS) is 11.8. The number of hydrogen-bond donors (Lipinski definition) is 1. The first kappa shape index (κ1) is 16.7. The van der Waals surface area contributed by atoms with E-state index >= 15 is 0 Å². The number of rotatable bonds is 7. The Bertz CT molecular complexity index is 581. The summed E-state index contributed by atoms with van der Waals surface area (Å²) in [6, 6.07) is 4.35. The molecule has 5 nitrogen and oxygen atoms in total. The minimum absolute atomic E-state index is 0.0256. The molecular formula is C14H21NO4S. The molecule has 0 unspecified atom stereocenters. The molecule has 0 amide bonds. The first-order chi connectivity index (χ1) is 9.36. The zero-order valence-corrected chi connectivity index (χ0v) is 12.9. The number of hydrogen-bond acceptors (Lipinski definition) is 3. The molecule has 112 valence electrons. The van der Waals surface area contributed by atoms with Crippen LogP contribution in [0.3, 0.4) is 0 Å². The second-order valence-electron chi connectivity index (χ2n) is 4.58. The number of carboxylic acid groups (broad SMARTS) is 1. The van der Waals surface area contributed by atoms with Gasteiger partial charge in [0.05, 0.1) is 10.5 Å². The Balaban J connectivity index is 3.27. The van der Waals surface area contributed by atoms with Crippen molar-refractivity contribution in [3.05, 3.63) is 29.3 Å². The van der Waals surface area contributed by atoms with Crippen LogP contribution in [0, 0.1) is 6.92 Å². The van der Waals surface area contributed by atoms with E-state index in [1.54, 1.807) is 6.92 Å². The van der Waals surface area contributed by atoms with Crippen molar-refractivity contribution in [1.29, 1.82) is 0 Å². The Hall–Kier alpha value is -1.40. The summed E-state index contributed by atoms with van der Waals surface area (Å²) < 4.78 is 26.6. The zero-order valence-electron chi connectivity index (χ0n) is 12.1. The molecule has 0 aromatic heterocycles. The van der Waals surface area contributed by atoms with Gasteiger partial charge in [-0.05, 0) is 31.0 Å². The standard InChI is InChI=1S/C14H21NO4S/c1-4-6-10-15(5-2)20(18,19)13-9-7-8-12(11(13)3)14(16)17/h7-9H,4-6,10H2,1-3H3,(H,16,17). The van der Waals surface area contributed by atoms with Gasteiger partial charge in [0, 0.05) is 13.1 Å². The molecule has 0 bridgehead atoms. The van der Waals surface area contributed by atoms with Crippen molar-refractivity contribution in [2.24, 2.45) is 0 Å². The molecule has 0 saturated carbocycles. The second kappa shape index (κ2) is 6.85. The topological polar surface area (TPSA) is 74.7 Å². The molecule has 6 heteroatoms. The van der Waals surface area contributed by atoms with E-state index in [4.69, 9.17) is 5.11 Å². The van der Waals surface area contributed by atoms with Crippen LogP contribution in [-0.4, -0.2) is 36.9 Å². The lowest BCUT2D eigenvalue weighted by Crippen LogP contribution is -2.32. The van der Waals surface area contributed by atoms with Crippen LogP contribution in [0.2, 0.25) is 0 Å². The molecule has 0 aliphatic heterocycles. The maximum Gasteiger partial charge on any atom is 0.335 e. The van der Waals surface area contributed by atoms with Gasteiger partial charge in [-0.3, -0.25) is 0 Å². The number of aromatic carboxylic acids is 1. The van der Waals surface area contributed by atoms with E-state index in [-0.39, 0.29) is 16.0 Å². The van der Waals surface area contributed by atoms with E-state index in [9.17, 15) is 13.2 Å². The molecule has 0 fully saturated rings. The molecule has 1 aromatic carbocycles. The largest absolute Gasteiger partial charge is 0.478 e. The smallest absolute Gasteiger partial charge is 0.335 e. The quantitative estimate of drug-likeness (QED) is 0.839. The van der Waals surface area contributed by atoms with Crippen LogP contribution in [0.25, 0.3) is 0 Å². The molecule has 1 N–H and O–H groups in total. The van der Waals surface area contributed by atoms with Gasteiger partial charge in [-0.1, -0.05) is 26.3 Å². The Morgan fingerprint density at radius 1 is 1.30 bits per heavy atom. The van der Waals surface area contributed by atoms with E-state index < -0.39 is 16.0 Å². The van der Waals surface area contributed by atoms with Crippen LogP contribution in [0.5, 0.6) is 0 Å². The molecule has 20 heavy (non-hydrogen) atoms. The predicted molar refractivity (Wildman–Crippen MR) is 77.5 cm³/mol. The Morgan fingerprint density at radius 3 is 2.45 bits per heavy atom. The molecule has 0 aliphatic carbocycles. The summed E-state index contributed by atoms with van der Waals surface area (Å²) in [5, 5.41) is 9.08. The Labute approximate surface area is 120 Å².